The van der Waals surface area contributed by atoms with Gasteiger partial charge in [-0.2, -0.15) is 0 Å². The molecular weight excluding hydrogens is 258 g/mol. The van der Waals surface area contributed by atoms with E-state index in [0.29, 0.717) is 5.41 Å². The zero-order valence-electron chi connectivity index (χ0n) is 12.5. The quantitative estimate of drug-likeness (QED) is 0.837. The third-order valence-corrected chi connectivity index (χ3v) is 3.84. The Morgan fingerprint density at radius 2 is 1.79 bits per heavy atom. The van der Waals surface area contributed by atoms with E-state index >= 15 is 0 Å². The molecule has 0 aromatic carbocycles. The fraction of sp³-hybridized carbons (Fsp3) is 0.667. The first-order chi connectivity index (χ1) is 8.57. The molecule has 0 atom stereocenters. The number of nitrogens with one attached hydrogen (secondary N) is 1. The lowest BCUT2D eigenvalue weighted by molar-refractivity contribution is -0.136. The van der Waals surface area contributed by atoms with E-state index in [-0.39, 0.29) is 12.0 Å². The fourth-order valence-electron chi connectivity index (χ4n) is 2.48. The Kier molecular flexibility index (Phi) is 5.16. The van der Waals surface area contributed by atoms with Crippen LogP contribution >= 0.6 is 11.3 Å². The number of thiophene rings is 1. The standard InChI is InChI=1S/C15H25NO2S/c1-14(2,3)10-15(4,5)16-9-12-7-6-11(19-12)8-13(17)18/h6-7,16H,8-10H2,1-5H3,(H,17,18). The van der Waals surface area contributed by atoms with Crippen LogP contribution in [0.1, 0.15) is 50.8 Å². The molecule has 0 bridgehead atoms. The molecule has 0 radical (unpaired) electrons. The van der Waals surface area contributed by atoms with Gasteiger partial charge < -0.3 is 10.4 Å². The van der Waals surface area contributed by atoms with Gasteiger partial charge in [0.05, 0.1) is 6.42 Å². The summed E-state index contributed by atoms with van der Waals surface area (Å²) in [4.78, 5) is 12.8. The van der Waals surface area contributed by atoms with Crippen molar-refractivity contribution in [3.05, 3.63) is 21.9 Å². The molecule has 1 heterocycles. The van der Waals surface area contributed by atoms with Crippen molar-refractivity contribution in [2.45, 2.75) is 59.5 Å². The lowest BCUT2D eigenvalue weighted by Crippen LogP contribution is -2.41. The number of rotatable bonds is 6. The summed E-state index contributed by atoms with van der Waals surface area (Å²) in [6.45, 7) is 12.0. The third-order valence-electron chi connectivity index (χ3n) is 2.76. The Morgan fingerprint density at radius 3 is 2.32 bits per heavy atom. The SMILES string of the molecule is CC(C)(C)CC(C)(C)NCc1ccc(CC(=O)O)s1. The minimum Gasteiger partial charge on any atom is -0.481 e. The molecule has 0 spiro atoms. The summed E-state index contributed by atoms with van der Waals surface area (Å²) >= 11 is 1.58. The number of hydrogen-bond acceptors (Lipinski definition) is 3. The molecule has 0 fully saturated rings. The molecule has 1 rings (SSSR count). The van der Waals surface area contributed by atoms with Gasteiger partial charge in [-0.05, 0) is 37.8 Å². The molecule has 0 amide bonds. The van der Waals surface area contributed by atoms with E-state index in [9.17, 15) is 4.79 Å². The zero-order valence-corrected chi connectivity index (χ0v) is 13.4. The molecule has 0 unspecified atom stereocenters. The van der Waals surface area contributed by atoms with E-state index in [1.807, 2.05) is 12.1 Å². The van der Waals surface area contributed by atoms with Gasteiger partial charge >= 0.3 is 5.97 Å². The molecule has 2 N–H and O–H groups in total. The number of carbonyl (C=O) groups is 1. The van der Waals surface area contributed by atoms with E-state index in [0.717, 1.165) is 17.8 Å². The molecule has 4 heteroatoms. The number of hydrogen-bond donors (Lipinski definition) is 2. The van der Waals surface area contributed by atoms with Crippen molar-refractivity contribution in [1.82, 2.24) is 5.32 Å². The first-order valence-electron chi connectivity index (χ1n) is 6.62. The number of carboxylic acids is 1. The molecule has 0 aliphatic heterocycles. The molecule has 0 aliphatic carbocycles. The predicted molar refractivity (Wildman–Crippen MR) is 80.6 cm³/mol. The average molecular weight is 283 g/mol. The second-order valence-corrected chi connectivity index (χ2v) is 8.17. The van der Waals surface area contributed by atoms with Gasteiger partial charge in [0.15, 0.2) is 0 Å². The van der Waals surface area contributed by atoms with E-state index in [4.69, 9.17) is 5.11 Å². The Balaban J connectivity index is 2.52. The van der Waals surface area contributed by atoms with Crippen LogP contribution in [-0.4, -0.2) is 16.6 Å². The summed E-state index contributed by atoms with van der Waals surface area (Å²) in [7, 11) is 0. The van der Waals surface area contributed by atoms with Gasteiger partial charge in [-0.3, -0.25) is 4.79 Å². The first-order valence-corrected chi connectivity index (χ1v) is 7.43. The molecule has 19 heavy (non-hydrogen) atoms. The van der Waals surface area contributed by atoms with Crippen LogP contribution in [0.5, 0.6) is 0 Å². The Labute approximate surface area is 120 Å². The van der Waals surface area contributed by atoms with Crippen molar-refractivity contribution in [1.29, 1.82) is 0 Å². The van der Waals surface area contributed by atoms with Gasteiger partial charge in [0, 0.05) is 21.8 Å². The zero-order chi connectivity index (χ0) is 14.7. The summed E-state index contributed by atoms with van der Waals surface area (Å²) in [6.07, 6.45) is 1.21. The van der Waals surface area contributed by atoms with Gasteiger partial charge in [0.2, 0.25) is 0 Å². The highest BCUT2D eigenvalue weighted by Gasteiger charge is 2.24. The highest BCUT2D eigenvalue weighted by molar-refractivity contribution is 7.12. The van der Waals surface area contributed by atoms with Crippen LogP contribution in [-0.2, 0) is 17.8 Å². The second kappa shape index (κ2) is 6.06. The Hall–Kier alpha value is -0.870. The minimum atomic E-state index is -0.769. The molecule has 3 nitrogen and oxygen atoms in total. The molecule has 108 valence electrons. The first kappa shape index (κ1) is 16.2. The largest absolute Gasteiger partial charge is 0.481 e. The van der Waals surface area contributed by atoms with Crippen molar-refractivity contribution in [2.75, 3.05) is 0 Å². The summed E-state index contributed by atoms with van der Waals surface area (Å²) in [5.41, 5.74) is 0.371. The van der Waals surface area contributed by atoms with Gasteiger partial charge in [0.1, 0.15) is 0 Å². The van der Waals surface area contributed by atoms with Crippen molar-refractivity contribution < 1.29 is 9.90 Å². The van der Waals surface area contributed by atoms with Crippen LogP contribution in [0.15, 0.2) is 12.1 Å². The summed E-state index contributed by atoms with van der Waals surface area (Å²) in [5.74, 6) is -0.769. The van der Waals surface area contributed by atoms with Crippen molar-refractivity contribution >= 4 is 17.3 Å². The van der Waals surface area contributed by atoms with E-state index in [1.54, 1.807) is 11.3 Å². The smallest absolute Gasteiger partial charge is 0.308 e. The van der Waals surface area contributed by atoms with Gasteiger partial charge in [-0.15, -0.1) is 11.3 Å². The van der Waals surface area contributed by atoms with Crippen LogP contribution in [0, 0.1) is 5.41 Å². The lowest BCUT2D eigenvalue weighted by Gasteiger charge is -2.33. The fourth-order valence-corrected chi connectivity index (χ4v) is 3.43. The second-order valence-electron chi connectivity index (χ2n) is 6.91. The van der Waals surface area contributed by atoms with E-state index < -0.39 is 5.97 Å². The van der Waals surface area contributed by atoms with Gasteiger partial charge in [-0.25, -0.2) is 0 Å². The number of carboxylic acid groups (broad SMARTS) is 1. The molecule has 0 aliphatic rings. The molecule has 1 aromatic heterocycles. The van der Waals surface area contributed by atoms with Crippen LogP contribution in [0.3, 0.4) is 0 Å². The lowest BCUT2D eigenvalue weighted by atomic mass is 9.82. The Morgan fingerprint density at radius 1 is 1.21 bits per heavy atom. The average Bonchev–Trinajstić information content (AvgIpc) is 2.58. The van der Waals surface area contributed by atoms with Crippen LogP contribution in [0.4, 0.5) is 0 Å². The molecule has 0 saturated carbocycles. The highest BCUT2D eigenvalue weighted by atomic mass is 32.1. The normalized spacial score (nSPS) is 12.7. The monoisotopic (exact) mass is 283 g/mol. The maximum absolute atomic E-state index is 10.6. The predicted octanol–water partition coefficient (Wildman–Crippen LogP) is 3.68. The van der Waals surface area contributed by atoms with Gasteiger partial charge in [-0.1, -0.05) is 20.8 Å². The van der Waals surface area contributed by atoms with E-state index in [2.05, 4.69) is 39.9 Å². The Bertz CT molecular complexity index is 430. The van der Waals surface area contributed by atoms with Gasteiger partial charge in [0.25, 0.3) is 0 Å². The molecule has 1 aromatic rings. The van der Waals surface area contributed by atoms with Crippen LogP contribution in [0.2, 0.25) is 0 Å². The topological polar surface area (TPSA) is 49.3 Å². The molecular formula is C15H25NO2S. The molecule has 0 saturated heterocycles. The summed E-state index contributed by atoms with van der Waals surface area (Å²) < 4.78 is 0. The van der Waals surface area contributed by atoms with Crippen molar-refractivity contribution in [2.24, 2.45) is 5.41 Å². The van der Waals surface area contributed by atoms with E-state index in [1.165, 1.54) is 4.88 Å². The van der Waals surface area contributed by atoms with Crippen molar-refractivity contribution in [3.8, 4) is 0 Å². The summed E-state index contributed by atoms with van der Waals surface area (Å²) in [6, 6.07) is 3.93. The maximum Gasteiger partial charge on any atom is 0.308 e. The van der Waals surface area contributed by atoms with Crippen LogP contribution in [0.25, 0.3) is 0 Å². The maximum atomic E-state index is 10.6. The third kappa shape index (κ3) is 6.73. The number of aliphatic carboxylic acids is 1. The highest BCUT2D eigenvalue weighted by Crippen LogP contribution is 2.27. The minimum absolute atomic E-state index is 0.0786. The van der Waals surface area contributed by atoms with Crippen molar-refractivity contribution in [3.63, 3.8) is 0 Å². The van der Waals surface area contributed by atoms with Crippen LogP contribution < -0.4 is 5.32 Å². The summed E-state index contributed by atoms with van der Waals surface area (Å²) in [5, 5.41) is 12.3.